The molecule has 0 radical (unpaired) electrons. The smallest absolute Gasteiger partial charge is 0.234 e. The van der Waals surface area contributed by atoms with Crippen LogP contribution in [0.1, 0.15) is 16.8 Å². The fourth-order valence-electron chi connectivity index (χ4n) is 5.46. The van der Waals surface area contributed by atoms with Gasteiger partial charge in [0.1, 0.15) is 11.4 Å². The molecule has 0 unspecified atom stereocenters. The zero-order valence-corrected chi connectivity index (χ0v) is 23.2. The van der Waals surface area contributed by atoms with Crippen LogP contribution in [0, 0.1) is 0 Å². The quantitative estimate of drug-likeness (QED) is 0.415. The summed E-state index contributed by atoms with van der Waals surface area (Å²) in [5, 5.41) is 3.13. The van der Waals surface area contributed by atoms with Crippen LogP contribution in [0.2, 0.25) is 0 Å². The van der Waals surface area contributed by atoms with Gasteiger partial charge < -0.3 is 28.8 Å². The Morgan fingerprint density at radius 3 is 2.85 bits per heavy atom. The Kier molecular flexibility index (Phi) is 7.58. The summed E-state index contributed by atoms with van der Waals surface area (Å²) in [7, 11) is 3.50. The Hall–Kier alpha value is -4.41. The number of hydrogen-bond acceptors (Lipinski definition) is 7. The molecule has 4 aromatic rings. The van der Waals surface area contributed by atoms with Crippen LogP contribution in [0.15, 0.2) is 73.1 Å². The van der Waals surface area contributed by atoms with Gasteiger partial charge in [-0.2, -0.15) is 0 Å². The van der Waals surface area contributed by atoms with Gasteiger partial charge in [-0.1, -0.05) is 24.3 Å². The highest BCUT2D eigenvalue weighted by atomic mass is 16.5. The van der Waals surface area contributed by atoms with Gasteiger partial charge in [0.15, 0.2) is 11.5 Å². The third-order valence-corrected chi connectivity index (χ3v) is 7.48. The summed E-state index contributed by atoms with van der Waals surface area (Å²) in [6, 6.07) is 18.9. The molecule has 0 aliphatic carbocycles. The van der Waals surface area contributed by atoms with Crippen molar-refractivity contribution in [2.75, 3.05) is 33.8 Å². The molecule has 212 valence electrons. The molecule has 41 heavy (non-hydrogen) atoms. The third-order valence-electron chi connectivity index (χ3n) is 7.48. The summed E-state index contributed by atoms with van der Waals surface area (Å²) in [5.41, 5.74) is 3.53. The topological polar surface area (TPSA) is 97.6 Å². The number of amides is 2. The molecule has 2 aliphatic heterocycles. The number of rotatable bonds is 3. The van der Waals surface area contributed by atoms with Crippen molar-refractivity contribution in [2.45, 2.75) is 31.7 Å². The molecule has 1 saturated heterocycles. The number of nitrogens with one attached hydrogen (secondary N) is 1. The lowest BCUT2D eigenvalue weighted by Crippen LogP contribution is -2.47. The van der Waals surface area contributed by atoms with Crippen LogP contribution in [0.4, 0.5) is 0 Å². The van der Waals surface area contributed by atoms with Gasteiger partial charge in [-0.15, -0.1) is 0 Å². The van der Waals surface area contributed by atoms with Crippen LogP contribution in [0.3, 0.4) is 0 Å². The first-order valence-corrected chi connectivity index (χ1v) is 13.7. The van der Waals surface area contributed by atoms with E-state index in [4.69, 9.17) is 14.2 Å². The molecule has 1 N–H and O–H groups in total. The number of aromatic nitrogens is 2. The number of hydrogen-bond donors (Lipinski definition) is 1. The number of nitrogens with zero attached hydrogens (tertiary/aromatic N) is 4. The zero-order chi connectivity index (χ0) is 28.3. The van der Waals surface area contributed by atoms with Crippen LogP contribution >= 0.6 is 0 Å². The van der Waals surface area contributed by atoms with E-state index in [0.29, 0.717) is 43.5 Å². The molecule has 4 bridgehead atoms. The summed E-state index contributed by atoms with van der Waals surface area (Å²) >= 11 is 0. The molecule has 2 aliphatic rings. The lowest BCUT2D eigenvalue weighted by atomic mass is 10.1. The molecule has 2 aromatic heterocycles. The van der Waals surface area contributed by atoms with Gasteiger partial charge >= 0.3 is 0 Å². The summed E-state index contributed by atoms with van der Waals surface area (Å²) in [4.78, 5) is 34.6. The van der Waals surface area contributed by atoms with Gasteiger partial charge in [-0.05, 0) is 54.6 Å². The van der Waals surface area contributed by atoms with E-state index in [0.717, 1.165) is 22.5 Å². The van der Waals surface area contributed by atoms with Crippen molar-refractivity contribution < 1.29 is 23.8 Å². The third kappa shape index (κ3) is 6.03. The number of likely N-dealkylation sites (tertiary alicyclic amines) is 1. The lowest BCUT2D eigenvalue weighted by molar-refractivity contribution is -0.130. The molecule has 0 saturated carbocycles. The van der Waals surface area contributed by atoms with E-state index in [-0.39, 0.29) is 36.9 Å². The standard InChI is InChI=1S/C31H33N5O5/c1-34-16-21-9-10-26(39-2)27(13-21)41-24-7-5-6-22(12-24)20-40-28-18-35(17-25(28)33-30(37)19-34)31(38)14-23-15-32-29-8-3-4-11-36(23)29/h3-13,15,25,28H,14,16-20H2,1-2H3,(H,33,37)/t25-,28-/m0/s1. The summed E-state index contributed by atoms with van der Waals surface area (Å²) < 4.78 is 20.0. The zero-order valence-electron chi connectivity index (χ0n) is 23.2. The van der Waals surface area contributed by atoms with Crippen LogP contribution in [0.25, 0.3) is 5.65 Å². The van der Waals surface area contributed by atoms with E-state index in [1.54, 1.807) is 18.2 Å². The number of likely N-dealkylation sites (N-methyl/N-ethyl adjacent to an activating group) is 1. The number of imidazole rings is 1. The minimum absolute atomic E-state index is 0.0346. The Morgan fingerprint density at radius 2 is 1.98 bits per heavy atom. The maximum absolute atomic E-state index is 13.4. The first kappa shape index (κ1) is 26.8. The molecular formula is C31H33N5O5. The summed E-state index contributed by atoms with van der Waals surface area (Å²) in [5.74, 6) is 1.74. The van der Waals surface area contributed by atoms with E-state index in [2.05, 4.69) is 10.3 Å². The highest BCUT2D eigenvalue weighted by Gasteiger charge is 2.37. The molecule has 4 heterocycles. The molecule has 6 rings (SSSR count). The summed E-state index contributed by atoms with van der Waals surface area (Å²) in [6.45, 7) is 1.80. The van der Waals surface area contributed by atoms with E-state index < -0.39 is 0 Å². The number of carbonyl (C=O) groups is 2. The van der Waals surface area contributed by atoms with Gasteiger partial charge in [-0.3, -0.25) is 14.5 Å². The van der Waals surface area contributed by atoms with Gasteiger partial charge in [0, 0.05) is 32.0 Å². The molecule has 2 amide bonds. The Morgan fingerprint density at radius 1 is 1.07 bits per heavy atom. The molecule has 2 atom stereocenters. The average Bonchev–Trinajstić information content (AvgIpc) is 3.56. The second-order valence-corrected chi connectivity index (χ2v) is 10.6. The molecule has 10 heteroatoms. The Bertz CT molecular complexity index is 1570. The van der Waals surface area contributed by atoms with Crippen molar-refractivity contribution in [3.63, 3.8) is 0 Å². The van der Waals surface area contributed by atoms with Crippen molar-refractivity contribution in [2.24, 2.45) is 0 Å². The minimum atomic E-state index is -0.360. The SMILES string of the molecule is COc1ccc2cc1Oc1cccc(c1)CO[C@H]1CN(C(=O)Cc3cnc4ccccn34)C[C@@H]1NC(=O)CN(C)C2. The Balaban J connectivity index is 1.22. The number of pyridine rings is 1. The van der Waals surface area contributed by atoms with Crippen LogP contribution in [-0.2, 0) is 33.9 Å². The van der Waals surface area contributed by atoms with Crippen LogP contribution < -0.4 is 14.8 Å². The van der Waals surface area contributed by atoms with Crippen molar-refractivity contribution in [3.8, 4) is 17.2 Å². The van der Waals surface area contributed by atoms with E-state index in [1.807, 2.05) is 83.2 Å². The van der Waals surface area contributed by atoms with Crippen molar-refractivity contribution in [1.29, 1.82) is 0 Å². The highest BCUT2D eigenvalue weighted by molar-refractivity contribution is 5.80. The first-order chi connectivity index (χ1) is 19.9. The molecule has 0 spiro atoms. The fourth-order valence-corrected chi connectivity index (χ4v) is 5.46. The van der Waals surface area contributed by atoms with Crippen LogP contribution in [-0.4, -0.2) is 76.9 Å². The molecule has 1 fully saturated rings. The van der Waals surface area contributed by atoms with Gasteiger partial charge in [0.2, 0.25) is 11.8 Å². The maximum Gasteiger partial charge on any atom is 0.234 e. The normalized spacial score (nSPS) is 19.9. The predicted molar refractivity (Wildman–Crippen MR) is 152 cm³/mol. The van der Waals surface area contributed by atoms with E-state index in [9.17, 15) is 9.59 Å². The molecule has 2 aromatic carbocycles. The lowest BCUT2D eigenvalue weighted by Gasteiger charge is -2.23. The van der Waals surface area contributed by atoms with Crippen molar-refractivity contribution in [3.05, 3.63) is 89.9 Å². The van der Waals surface area contributed by atoms with E-state index in [1.165, 1.54) is 0 Å². The van der Waals surface area contributed by atoms with Crippen molar-refractivity contribution in [1.82, 2.24) is 24.5 Å². The number of methoxy groups -OCH3 is 1. The monoisotopic (exact) mass is 555 g/mol. The largest absolute Gasteiger partial charge is 0.493 e. The average molecular weight is 556 g/mol. The Labute approximate surface area is 238 Å². The molecular weight excluding hydrogens is 522 g/mol. The molecule has 10 nitrogen and oxygen atoms in total. The number of carbonyl (C=O) groups excluding carboxylic acids is 2. The first-order valence-electron chi connectivity index (χ1n) is 13.7. The van der Waals surface area contributed by atoms with Gasteiger partial charge in [0.05, 0.1) is 44.5 Å². The minimum Gasteiger partial charge on any atom is -0.493 e. The van der Waals surface area contributed by atoms with E-state index >= 15 is 0 Å². The fraction of sp³-hybridized carbons (Fsp3) is 0.323. The number of ether oxygens (including phenoxy) is 3. The van der Waals surface area contributed by atoms with Gasteiger partial charge in [-0.25, -0.2) is 4.98 Å². The number of fused-ring (bicyclic) bond motifs is 6. The number of benzene rings is 2. The predicted octanol–water partition coefficient (Wildman–Crippen LogP) is 3.04. The summed E-state index contributed by atoms with van der Waals surface area (Å²) in [6.07, 6.45) is 3.49. The van der Waals surface area contributed by atoms with Crippen LogP contribution in [0.5, 0.6) is 17.2 Å². The second kappa shape index (κ2) is 11.6. The maximum atomic E-state index is 13.4. The van der Waals surface area contributed by atoms with Gasteiger partial charge in [0.25, 0.3) is 0 Å². The van der Waals surface area contributed by atoms with Crippen molar-refractivity contribution >= 4 is 17.5 Å². The highest BCUT2D eigenvalue weighted by Crippen LogP contribution is 2.33. The second-order valence-electron chi connectivity index (χ2n) is 10.6.